The lowest BCUT2D eigenvalue weighted by Crippen LogP contribution is -2.51. The average molecular weight is 178 g/mol. The molecule has 0 bridgehead atoms. The quantitative estimate of drug-likeness (QED) is 0.353. The standard InChI is InChI=1S/C5H10N2O5/c8-2-5(3-9,7-12)6-1-4(10)11/h6,8-9H,1-3H2,(H,10,11). The van der Waals surface area contributed by atoms with E-state index in [1.807, 2.05) is 0 Å². The third kappa shape index (κ3) is 2.91. The Labute approximate surface area is 68.0 Å². The van der Waals surface area contributed by atoms with Crippen molar-refractivity contribution in [2.75, 3.05) is 19.8 Å². The number of nitrogens with zero attached hydrogens (tertiary/aromatic N) is 1. The lowest BCUT2D eigenvalue weighted by molar-refractivity contribution is -0.136. The van der Waals surface area contributed by atoms with Crippen molar-refractivity contribution in [1.29, 1.82) is 0 Å². The van der Waals surface area contributed by atoms with Crippen molar-refractivity contribution in [3.05, 3.63) is 4.91 Å². The van der Waals surface area contributed by atoms with Gasteiger partial charge < -0.3 is 15.3 Å². The highest BCUT2D eigenvalue weighted by Crippen LogP contribution is 2.02. The second kappa shape index (κ2) is 4.75. The minimum atomic E-state index is -1.79. The van der Waals surface area contributed by atoms with E-state index >= 15 is 0 Å². The summed E-state index contributed by atoms with van der Waals surface area (Å²) in [6.07, 6.45) is 0. The van der Waals surface area contributed by atoms with E-state index in [1.165, 1.54) is 0 Å². The number of aliphatic carboxylic acids is 1. The number of aliphatic hydroxyl groups excluding tert-OH is 2. The van der Waals surface area contributed by atoms with Gasteiger partial charge in [-0.25, -0.2) is 0 Å². The fourth-order valence-electron chi connectivity index (χ4n) is 0.492. The summed E-state index contributed by atoms with van der Waals surface area (Å²) < 4.78 is 0. The van der Waals surface area contributed by atoms with Crippen LogP contribution in [0.25, 0.3) is 0 Å². The Morgan fingerprint density at radius 1 is 1.42 bits per heavy atom. The van der Waals surface area contributed by atoms with Crippen LogP contribution in [0.2, 0.25) is 0 Å². The maximum atomic E-state index is 10.1. The summed E-state index contributed by atoms with van der Waals surface area (Å²) in [6, 6.07) is 0. The molecule has 0 amide bonds. The van der Waals surface area contributed by atoms with Crippen molar-refractivity contribution in [3.63, 3.8) is 0 Å². The van der Waals surface area contributed by atoms with E-state index < -0.39 is 31.4 Å². The number of carboxylic acids is 1. The molecule has 0 aromatic rings. The monoisotopic (exact) mass is 178 g/mol. The molecule has 4 N–H and O–H groups in total. The van der Waals surface area contributed by atoms with Gasteiger partial charge in [0, 0.05) is 0 Å². The molecule has 0 aliphatic heterocycles. The summed E-state index contributed by atoms with van der Waals surface area (Å²) >= 11 is 0. The van der Waals surface area contributed by atoms with Gasteiger partial charge in [0.2, 0.25) is 0 Å². The van der Waals surface area contributed by atoms with Crippen LogP contribution in [0.5, 0.6) is 0 Å². The van der Waals surface area contributed by atoms with E-state index in [0.717, 1.165) is 0 Å². The molecule has 0 spiro atoms. The van der Waals surface area contributed by atoms with Crippen molar-refractivity contribution in [2.24, 2.45) is 5.18 Å². The predicted molar refractivity (Wildman–Crippen MR) is 38.3 cm³/mol. The lowest BCUT2D eigenvalue weighted by Gasteiger charge is -2.21. The number of rotatable bonds is 6. The first-order valence-electron chi connectivity index (χ1n) is 3.13. The van der Waals surface area contributed by atoms with Gasteiger partial charge in [0.15, 0.2) is 5.66 Å². The van der Waals surface area contributed by atoms with Crippen molar-refractivity contribution >= 4 is 5.97 Å². The van der Waals surface area contributed by atoms with Gasteiger partial charge >= 0.3 is 5.97 Å². The highest BCUT2D eigenvalue weighted by atomic mass is 16.4. The predicted octanol–water partition coefficient (Wildman–Crippen LogP) is -1.89. The van der Waals surface area contributed by atoms with Crippen LogP contribution in [-0.2, 0) is 4.79 Å². The molecule has 0 atom stereocenters. The largest absolute Gasteiger partial charge is 0.480 e. The summed E-state index contributed by atoms with van der Waals surface area (Å²) in [6.45, 7) is -2.05. The molecule has 7 heteroatoms. The van der Waals surface area contributed by atoms with Gasteiger partial charge in [-0.05, 0) is 5.18 Å². The summed E-state index contributed by atoms with van der Waals surface area (Å²) in [5, 5.41) is 29.9. The maximum absolute atomic E-state index is 10.1. The first kappa shape index (κ1) is 11.0. The van der Waals surface area contributed by atoms with E-state index in [-0.39, 0.29) is 0 Å². The first-order chi connectivity index (χ1) is 5.60. The molecule has 0 heterocycles. The van der Waals surface area contributed by atoms with Crippen molar-refractivity contribution in [3.8, 4) is 0 Å². The molecular weight excluding hydrogens is 168 g/mol. The Hall–Kier alpha value is -1.05. The molecule has 12 heavy (non-hydrogen) atoms. The number of hydrogen-bond acceptors (Lipinski definition) is 6. The summed E-state index contributed by atoms with van der Waals surface area (Å²) in [7, 11) is 0. The molecule has 7 nitrogen and oxygen atoms in total. The number of carboxylic acid groups (broad SMARTS) is 1. The number of nitroso groups, excluding NO2 is 1. The van der Waals surface area contributed by atoms with Crippen LogP contribution in [0, 0.1) is 4.91 Å². The van der Waals surface area contributed by atoms with Crippen molar-refractivity contribution < 1.29 is 20.1 Å². The summed E-state index contributed by atoms with van der Waals surface area (Å²) in [5.74, 6) is -1.20. The molecule has 0 aromatic carbocycles. The topological polar surface area (TPSA) is 119 Å². The average Bonchev–Trinajstić information content (AvgIpc) is 2.08. The molecule has 0 fully saturated rings. The molecule has 70 valence electrons. The molecule has 0 aromatic heterocycles. The molecule has 0 rings (SSSR count). The second-order valence-corrected chi connectivity index (χ2v) is 2.19. The molecule has 0 unspecified atom stereocenters. The minimum Gasteiger partial charge on any atom is -0.480 e. The molecule has 0 aliphatic carbocycles. The maximum Gasteiger partial charge on any atom is 0.317 e. The third-order valence-corrected chi connectivity index (χ3v) is 1.27. The molecule has 0 saturated carbocycles. The highest BCUT2D eigenvalue weighted by molar-refractivity contribution is 5.69. The Kier molecular flexibility index (Phi) is 4.34. The summed E-state index contributed by atoms with van der Waals surface area (Å²) in [4.78, 5) is 20.1. The van der Waals surface area contributed by atoms with Crippen LogP contribution in [0.15, 0.2) is 5.18 Å². The van der Waals surface area contributed by atoms with Crippen LogP contribution in [0.4, 0.5) is 0 Å². The van der Waals surface area contributed by atoms with Crippen molar-refractivity contribution in [1.82, 2.24) is 5.32 Å². The van der Waals surface area contributed by atoms with Crippen LogP contribution in [-0.4, -0.2) is 46.7 Å². The van der Waals surface area contributed by atoms with E-state index in [0.29, 0.717) is 0 Å². The van der Waals surface area contributed by atoms with Gasteiger partial charge in [-0.1, -0.05) is 0 Å². The minimum absolute atomic E-state index is 0.549. The van der Waals surface area contributed by atoms with Gasteiger partial charge in [-0.15, -0.1) is 4.91 Å². The SMILES string of the molecule is O=NC(CO)(CO)NCC(=O)O. The van der Waals surface area contributed by atoms with Crippen LogP contribution < -0.4 is 5.32 Å². The van der Waals surface area contributed by atoms with Gasteiger partial charge in [-0.2, -0.15) is 0 Å². The molecule has 0 aliphatic rings. The molecular formula is C5H10N2O5. The van der Waals surface area contributed by atoms with E-state index in [9.17, 15) is 9.70 Å². The van der Waals surface area contributed by atoms with Gasteiger partial charge in [-0.3, -0.25) is 10.1 Å². The Morgan fingerprint density at radius 2 is 1.92 bits per heavy atom. The lowest BCUT2D eigenvalue weighted by atomic mass is 10.2. The van der Waals surface area contributed by atoms with E-state index in [1.54, 1.807) is 0 Å². The zero-order valence-electron chi connectivity index (χ0n) is 6.23. The number of hydrogen-bond donors (Lipinski definition) is 4. The first-order valence-corrected chi connectivity index (χ1v) is 3.13. The fraction of sp³-hybridized carbons (Fsp3) is 0.800. The highest BCUT2D eigenvalue weighted by Gasteiger charge is 2.30. The Balaban J connectivity index is 4.11. The zero-order valence-corrected chi connectivity index (χ0v) is 6.23. The van der Waals surface area contributed by atoms with Gasteiger partial charge in [0.1, 0.15) is 0 Å². The van der Waals surface area contributed by atoms with Crippen molar-refractivity contribution in [2.45, 2.75) is 5.66 Å². The van der Waals surface area contributed by atoms with Crippen LogP contribution >= 0.6 is 0 Å². The van der Waals surface area contributed by atoms with E-state index in [4.69, 9.17) is 15.3 Å². The zero-order chi connectivity index (χ0) is 9.61. The second-order valence-electron chi connectivity index (χ2n) is 2.19. The van der Waals surface area contributed by atoms with E-state index in [2.05, 4.69) is 10.5 Å². The fourth-order valence-corrected chi connectivity index (χ4v) is 0.492. The number of aliphatic hydroxyl groups is 2. The normalized spacial score (nSPS) is 11.2. The Morgan fingerprint density at radius 3 is 2.17 bits per heavy atom. The Bertz CT molecular complexity index is 167. The van der Waals surface area contributed by atoms with Gasteiger partial charge in [0.25, 0.3) is 0 Å². The van der Waals surface area contributed by atoms with Crippen LogP contribution in [0.1, 0.15) is 0 Å². The van der Waals surface area contributed by atoms with Crippen LogP contribution in [0.3, 0.4) is 0 Å². The molecule has 0 radical (unpaired) electrons. The smallest absolute Gasteiger partial charge is 0.317 e. The number of carbonyl (C=O) groups is 1. The third-order valence-electron chi connectivity index (χ3n) is 1.27. The summed E-state index contributed by atoms with van der Waals surface area (Å²) in [5.41, 5.74) is -1.79. The number of nitrogens with one attached hydrogen (secondary N) is 1. The molecule has 0 saturated heterocycles. The van der Waals surface area contributed by atoms with Gasteiger partial charge in [0.05, 0.1) is 19.8 Å².